The number of carbonyl (C=O) groups is 3. The van der Waals surface area contributed by atoms with E-state index in [9.17, 15) is 27.6 Å². The Morgan fingerprint density at radius 1 is 1.03 bits per heavy atom. The quantitative estimate of drug-likeness (QED) is 0.542. The Kier molecular flexibility index (Phi) is 6.10. The van der Waals surface area contributed by atoms with Gasteiger partial charge in [0.15, 0.2) is 5.78 Å². The summed E-state index contributed by atoms with van der Waals surface area (Å²) in [6.07, 6.45) is -4.84. The molecule has 0 saturated carbocycles. The number of hydrogen-bond donors (Lipinski definition) is 1. The number of halogens is 3. The zero-order valence-corrected chi connectivity index (χ0v) is 17.8. The highest BCUT2D eigenvalue weighted by atomic mass is 19.4. The molecule has 0 fully saturated rings. The molecule has 5 nitrogen and oxygen atoms in total. The maximum Gasteiger partial charge on any atom is 0.416 e. The lowest BCUT2D eigenvalue weighted by Crippen LogP contribution is -2.44. The van der Waals surface area contributed by atoms with Crippen molar-refractivity contribution in [2.75, 3.05) is 6.61 Å². The molecule has 33 heavy (non-hydrogen) atoms. The Balaban J connectivity index is 1.86. The molecular formula is C25H22F3NO4. The Hall–Kier alpha value is -3.42. The molecule has 0 spiro atoms. The van der Waals surface area contributed by atoms with E-state index in [2.05, 4.69) is 5.32 Å². The van der Waals surface area contributed by atoms with E-state index in [-0.39, 0.29) is 36.3 Å². The summed E-state index contributed by atoms with van der Waals surface area (Å²) in [5.74, 6) is -4.71. The first-order valence-corrected chi connectivity index (χ1v) is 10.7. The molecule has 1 aliphatic heterocycles. The summed E-state index contributed by atoms with van der Waals surface area (Å²) in [4.78, 5) is 39.1. The van der Waals surface area contributed by atoms with Gasteiger partial charge < -0.3 is 10.1 Å². The lowest BCUT2D eigenvalue weighted by Gasteiger charge is -2.38. The minimum Gasteiger partial charge on any atom is -0.465 e. The average Bonchev–Trinajstić information content (AvgIpc) is 2.78. The number of hydrogen-bond acceptors (Lipinski definition) is 4. The zero-order chi connectivity index (χ0) is 23.8. The number of allylic oxidation sites excluding steroid dienone is 2. The molecule has 1 N–H and O–H groups in total. The van der Waals surface area contributed by atoms with Gasteiger partial charge in [-0.15, -0.1) is 0 Å². The number of carbonyl (C=O) groups excluding carboxylic acids is 3. The van der Waals surface area contributed by atoms with E-state index in [0.717, 1.165) is 6.07 Å². The molecule has 172 valence electrons. The normalized spacial score (nSPS) is 23.1. The molecule has 2 aromatic carbocycles. The van der Waals surface area contributed by atoms with Gasteiger partial charge in [-0.1, -0.05) is 48.5 Å². The first kappa shape index (κ1) is 22.8. The predicted molar refractivity (Wildman–Crippen MR) is 113 cm³/mol. The second-order valence-corrected chi connectivity index (χ2v) is 8.10. The number of nitrogens with one attached hydrogen (secondary N) is 1. The van der Waals surface area contributed by atoms with Crippen LogP contribution in [-0.2, 0) is 25.3 Å². The third-order valence-electron chi connectivity index (χ3n) is 6.14. The van der Waals surface area contributed by atoms with Crippen LogP contribution in [0.15, 0.2) is 65.9 Å². The number of rotatable bonds is 4. The number of ether oxygens (including phenoxy) is 1. The number of amides is 1. The van der Waals surface area contributed by atoms with Gasteiger partial charge in [-0.25, -0.2) is 0 Å². The molecule has 0 unspecified atom stereocenters. The van der Waals surface area contributed by atoms with Crippen molar-refractivity contribution in [1.29, 1.82) is 0 Å². The van der Waals surface area contributed by atoms with Gasteiger partial charge in [-0.3, -0.25) is 14.4 Å². The van der Waals surface area contributed by atoms with Crippen molar-refractivity contribution in [3.05, 3.63) is 82.6 Å². The molecule has 0 radical (unpaired) electrons. The van der Waals surface area contributed by atoms with Gasteiger partial charge in [0, 0.05) is 29.5 Å². The lowest BCUT2D eigenvalue weighted by atomic mass is 9.67. The van der Waals surface area contributed by atoms with E-state index >= 15 is 0 Å². The van der Waals surface area contributed by atoms with Gasteiger partial charge in [-0.2, -0.15) is 13.2 Å². The van der Waals surface area contributed by atoms with E-state index < -0.39 is 47.2 Å². The lowest BCUT2D eigenvalue weighted by molar-refractivity contribution is -0.152. The van der Waals surface area contributed by atoms with Crippen LogP contribution in [0.1, 0.15) is 48.3 Å². The van der Waals surface area contributed by atoms with Gasteiger partial charge in [0.1, 0.15) is 5.92 Å². The summed E-state index contributed by atoms with van der Waals surface area (Å²) in [6.45, 7) is 1.68. The Labute approximate surface area is 188 Å². The molecule has 3 atom stereocenters. The van der Waals surface area contributed by atoms with E-state index in [1.54, 1.807) is 37.3 Å². The topological polar surface area (TPSA) is 72.5 Å². The van der Waals surface area contributed by atoms with Crippen LogP contribution in [0.25, 0.3) is 0 Å². The molecule has 4 rings (SSSR count). The molecule has 8 heteroatoms. The minimum absolute atomic E-state index is 0.0523. The largest absolute Gasteiger partial charge is 0.465 e. The predicted octanol–water partition coefficient (Wildman–Crippen LogP) is 4.50. The smallest absolute Gasteiger partial charge is 0.416 e. The highest BCUT2D eigenvalue weighted by molar-refractivity contribution is 6.12. The van der Waals surface area contributed by atoms with Crippen LogP contribution in [-0.4, -0.2) is 24.3 Å². The third-order valence-corrected chi connectivity index (χ3v) is 6.14. The second kappa shape index (κ2) is 8.84. The van der Waals surface area contributed by atoms with Gasteiger partial charge in [0.2, 0.25) is 5.91 Å². The average molecular weight is 457 g/mol. The monoisotopic (exact) mass is 457 g/mol. The Morgan fingerprint density at radius 2 is 1.70 bits per heavy atom. The maximum atomic E-state index is 13.7. The fourth-order valence-electron chi connectivity index (χ4n) is 4.79. The number of Topliss-reactive ketones (excluding diaryl/α,β-unsaturated/α-hetero) is 1. The van der Waals surface area contributed by atoms with Crippen molar-refractivity contribution >= 4 is 17.7 Å². The fourth-order valence-corrected chi connectivity index (χ4v) is 4.79. The molecule has 2 aliphatic rings. The summed E-state index contributed by atoms with van der Waals surface area (Å²) in [5, 5.41) is 2.68. The van der Waals surface area contributed by atoms with Gasteiger partial charge >= 0.3 is 12.1 Å². The van der Waals surface area contributed by atoms with Crippen LogP contribution in [0.5, 0.6) is 0 Å². The Bertz CT molecular complexity index is 1120. The second-order valence-electron chi connectivity index (χ2n) is 8.10. The zero-order valence-electron chi connectivity index (χ0n) is 17.8. The Morgan fingerprint density at radius 3 is 2.36 bits per heavy atom. The van der Waals surface area contributed by atoms with Crippen molar-refractivity contribution in [2.45, 2.75) is 37.8 Å². The van der Waals surface area contributed by atoms with E-state index in [4.69, 9.17) is 4.74 Å². The SMILES string of the molecule is CCOC(=O)[C@@H]1C(=O)C2=C(C[C@@H]1c1ccccc1)NC(=O)C[C@@H]2c1ccccc1C(F)(F)F. The van der Waals surface area contributed by atoms with Gasteiger partial charge in [0.05, 0.1) is 12.2 Å². The van der Waals surface area contributed by atoms with Gasteiger partial charge in [0.25, 0.3) is 0 Å². The van der Waals surface area contributed by atoms with Gasteiger partial charge in [-0.05, 0) is 30.5 Å². The van der Waals surface area contributed by atoms with Crippen LogP contribution in [0.2, 0.25) is 0 Å². The minimum atomic E-state index is -4.66. The summed E-state index contributed by atoms with van der Waals surface area (Å²) in [7, 11) is 0. The molecule has 2 aromatic rings. The molecule has 1 aliphatic carbocycles. The molecule has 0 bridgehead atoms. The van der Waals surface area contributed by atoms with Crippen LogP contribution in [0.4, 0.5) is 13.2 Å². The van der Waals surface area contributed by atoms with Crippen LogP contribution in [0, 0.1) is 5.92 Å². The summed E-state index contributed by atoms with van der Waals surface area (Å²) in [5.41, 5.74) is -0.0182. The summed E-state index contributed by atoms with van der Waals surface area (Å²) >= 11 is 0. The van der Waals surface area contributed by atoms with Crippen LogP contribution in [0.3, 0.4) is 0 Å². The highest BCUT2D eigenvalue weighted by Gasteiger charge is 2.49. The standard InChI is InChI=1S/C25H22F3NO4/c1-2-33-24(32)22-16(14-8-4-3-5-9-14)12-19-21(23(22)31)17(13-20(30)29-19)15-10-6-7-11-18(15)25(26,27)28/h3-11,16-17,22H,2,12-13H2,1H3,(H,29,30)/t16-,17-,22+/m1/s1. The van der Waals surface area contributed by atoms with Crippen LogP contribution >= 0.6 is 0 Å². The number of ketones is 1. The summed E-state index contributed by atoms with van der Waals surface area (Å²) < 4.78 is 46.4. The van der Waals surface area contributed by atoms with Crippen molar-refractivity contribution in [3.8, 4) is 0 Å². The van der Waals surface area contributed by atoms with E-state index in [1.807, 2.05) is 0 Å². The fraction of sp³-hybridized carbons (Fsp3) is 0.320. The first-order chi connectivity index (χ1) is 15.7. The summed E-state index contributed by atoms with van der Waals surface area (Å²) in [6, 6.07) is 13.8. The maximum absolute atomic E-state index is 13.7. The van der Waals surface area contributed by atoms with Crippen LogP contribution < -0.4 is 5.32 Å². The molecule has 1 amide bonds. The molecular weight excluding hydrogens is 435 g/mol. The number of esters is 1. The number of alkyl halides is 3. The number of benzene rings is 2. The van der Waals surface area contributed by atoms with Crippen molar-refractivity contribution < 1.29 is 32.3 Å². The molecule has 0 aromatic heterocycles. The van der Waals surface area contributed by atoms with Crippen molar-refractivity contribution in [2.24, 2.45) is 5.92 Å². The first-order valence-electron chi connectivity index (χ1n) is 10.7. The van der Waals surface area contributed by atoms with E-state index in [1.165, 1.54) is 18.2 Å². The molecule has 0 saturated heterocycles. The van der Waals surface area contributed by atoms with Crippen molar-refractivity contribution in [1.82, 2.24) is 5.32 Å². The van der Waals surface area contributed by atoms with Crippen molar-refractivity contribution in [3.63, 3.8) is 0 Å². The van der Waals surface area contributed by atoms with E-state index in [0.29, 0.717) is 5.56 Å². The molecule has 1 heterocycles. The highest BCUT2D eigenvalue weighted by Crippen LogP contribution is 2.47. The third kappa shape index (κ3) is 4.29.